The Balaban J connectivity index is 1.92. The summed E-state index contributed by atoms with van der Waals surface area (Å²) in [6.45, 7) is 6.76. The lowest BCUT2D eigenvalue weighted by Crippen LogP contribution is -2.42. The van der Waals surface area contributed by atoms with E-state index in [1.807, 2.05) is 6.92 Å². The summed E-state index contributed by atoms with van der Waals surface area (Å²) in [4.78, 5) is 27.9. The van der Waals surface area contributed by atoms with Crippen LogP contribution in [0.1, 0.15) is 48.4 Å². The summed E-state index contributed by atoms with van der Waals surface area (Å²) in [6, 6.07) is 3.97. The van der Waals surface area contributed by atoms with Crippen LogP contribution in [0.15, 0.2) is 12.1 Å². The Morgan fingerprint density at radius 3 is 2.81 bits per heavy atom. The van der Waals surface area contributed by atoms with E-state index in [9.17, 15) is 9.59 Å². The molecular formula is C16H23N3O2. The molecule has 1 aromatic rings. The Hall–Kier alpha value is -1.75. The van der Waals surface area contributed by atoms with Gasteiger partial charge in [0.05, 0.1) is 12.2 Å². The largest absolute Gasteiger partial charge is 0.350 e. The fraction of sp³-hybridized carbons (Fsp3) is 0.562. The van der Waals surface area contributed by atoms with Crippen molar-refractivity contribution in [3.63, 3.8) is 0 Å². The number of nitrogens with zero attached hydrogens (tertiary/aromatic N) is 1. The second kappa shape index (κ2) is 6.80. The first kappa shape index (κ1) is 15.6. The maximum Gasteiger partial charge on any atom is 0.223 e. The Morgan fingerprint density at radius 1 is 1.43 bits per heavy atom. The maximum atomic E-state index is 12.2. The fourth-order valence-corrected chi connectivity index (χ4v) is 2.78. The number of pyridine rings is 1. The van der Waals surface area contributed by atoms with Crippen LogP contribution < -0.4 is 10.6 Å². The second-order valence-corrected chi connectivity index (χ2v) is 5.79. The topological polar surface area (TPSA) is 71.1 Å². The molecule has 1 aliphatic rings. The minimum atomic E-state index is 0.0132. The molecule has 1 fully saturated rings. The lowest BCUT2D eigenvalue weighted by atomic mass is 9.92. The molecule has 2 rings (SSSR count). The highest BCUT2D eigenvalue weighted by molar-refractivity contribution is 5.95. The minimum absolute atomic E-state index is 0.0132. The van der Waals surface area contributed by atoms with Crippen molar-refractivity contribution >= 4 is 11.7 Å². The van der Waals surface area contributed by atoms with Gasteiger partial charge in [-0.3, -0.25) is 14.6 Å². The smallest absolute Gasteiger partial charge is 0.223 e. The van der Waals surface area contributed by atoms with Crippen LogP contribution in [-0.4, -0.2) is 29.3 Å². The Bertz CT molecular complexity index is 542. The third-order valence-electron chi connectivity index (χ3n) is 3.96. The van der Waals surface area contributed by atoms with Crippen molar-refractivity contribution in [1.29, 1.82) is 0 Å². The van der Waals surface area contributed by atoms with Crippen molar-refractivity contribution in [3.8, 4) is 0 Å². The van der Waals surface area contributed by atoms with Gasteiger partial charge in [-0.15, -0.1) is 0 Å². The first-order chi connectivity index (χ1) is 9.97. The zero-order valence-corrected chi connectivity index (χ0v) is 12.9. The molecule has 5 heteroatoms. The first-order valence-electron chi connectivity index (χ1n) is 7.46. The normalized spacial score (nSPS) is 21.9. The highest BCUT2D eigenvalue weighted by Gasteiger charge is 2.24. The number of aromatic nitrogens is 1. The molecular weight excluding hydrogens is 266 g/mol. The predicted molar refractivity (Wildman–Crippen MR) is 81.0 cm³/mol. The molecule has 0 spiro atoms. The molecule has 2 N–H and O–H groups in total. The van der Waals surface area contributed by atoms with E-state index in [0.29, 0.717) is 23.8 Å². The van der Waals surface area contributed by atoms with Crippen molar-refractivity contribution in [2.24, 2.45) is 5.92 Å². The predicted octanol–water partition coefficient (Wildman–Crippen LogP) is 1.60. The lowest BCUT2D eigenvalue weighted by molar-refractivity contribution is -0.126. The van der Waals surface area contributed by atoms with Gasteiger partial charge in [-0.25, -0.2) is 0 Å². The van der Waals surface area contributed by atoms with E-state index in [4.69, 9.17) is 0 Å². The fourth-order valence-electron chi connectivity index (χ4n) is 2.78. The van der Waals surface area contributed by atoms with Gasteiger partial charge in [0.15, 0.2) is 5.78 Å². The average molecular weight is 289 g/mol. The van der Waals surface area contributed by atoms with E-state index >= 15 is 0 Å². The number of carbonyl (C=O) groups excluding carboxylic acids is 2. The maximum absolute atomic E-state index is 12.2. The van der Waals surface area contributed by atoms with Crippen molar-refractivity contribution in [1.82, 2.24) is 15.6 Å². The summed E-state index contributed by atoms with van der Waals surface area (Å²) in [7, 11) is 0. The van der Waals surface area contributed by atoms with Crippen molar-refractivity contribution in [2.75, 3.05) is 6.54 Å². The number of hydrogen-bond donors (Lipinski definition) is 2. The molecule has 0 aliphatic carbocycles. The summed E-state index contributed by atoms with van der Waals surface area (Å²) in [6.07, 6.45) is 1.76. The van der Waals surface area contributed by atoms with Gasteiger partial charge in [0.2, 0.25) is 5.91 Å². The van der Waals surface area contributed by atoms with Gasteiger partial charge >= 0.3 is 0 Å². The summed E-state index contributed by atoms with van der Waals surface area (Å²) < 4.78 is 0. The molecule has 0 aromatic carbocycles. The first-order valence-corrected chi connectivity index (χ1v) is 7.46. The van der Waals surface area contributed by atoms with E-state index in [0.717, 1.165) is 25.1 Å². The number of aryl methyl sites for hydroxylation is 1. The van der Waals surface area contributed by atoms with Gasteiger partial charge in [-0.2, -0.15) is 0 Å². The Labute approximate surface area is 125 Å². The number of piperidine rings is 1. The molecule has 0 bridgehead atoms. The van der Waals surface area contributed by atoms with Crippen molar-refractivity contribution in [2.45, 2.75) is 46.2 Å². The summed E-state index contributed by atoms with van der Waals surface area (Å²) in [5, 5.41) is 6.29. The second-order valence-electron chi connectivity index (χ2n) is 5.79. The van der Waals surface area contributed by atoms with Gasteiger partial charge in [0, 0.05) is 23.2 Å². The Kier molecular flexibility index (Phi) is 5.07. The number of hydrogen-bond acceptors (Lipinski definition) is 4. The van der Waals surface area contributed by atoms with E-state index in [-0.39, 0.29) is 17.6 Å². The number of amides is 1. The van der Waals surface area contributed by atoms with Gasteiger partial charge in [-0.1, -0.05) is 0 Å². The number of rotatable bonds is 4. The van der Waals surface area contributed by atoms with E-state index in [2.05, 4.69) is 22.5 Å². The van der Waals surface area contributed by atoms with Crippen LogP contribution in [0.4, 0.5) is 0 Å². The monoisotopic (exact) mass is 289 g/mol. The van der Waals surface area contributed by atoms with Gasteiger partial charge in [-0.05, 0) is 52.3 Å². The third kappa shape index (κ3) is 4.11. The van der Waals surface area contributed by atoms with Crippen LogP contribution in [0.5, 0.6) is 0 Å². The molecule has 1 aromatic heterocycles. The van der Waals surface area contributed by atoms with Gasteiger partial charge in [0.25, 0.3) is 0 Å². The SMILES string of the molecule is CC(=O)c1ccc(CNC(=O)[C@H]2CCN[C@@H](C)C2)nc1C. The molecule has 0 unspecified atom stereocenters. The van der Waals surface area contributed by atoms with Crippen LogP contribution >= 0.6 is 0 Å². The van der Waals surface area contributed by atoms with Crippen LogP contribution in [0.2, 0.25) is 0 Å². The molecule has 114 valence electrons. The molecule has 2 atom stereocenters. The van der Waals surface area contributed by atoms with Crippen molar-refractivity contribution < 1.29 is 9.59 Å². The Morgan fingerprint density at radius 2 is 2.19 bits per heavy atom. The average Bonchev–Trinajstić information content (AvgIpc) is 2.44. The molecule has 0 radical (unpaired) electrons. The number of nitrogens with one attached hydrogen (secondary N) is 2. The molecule has 2 heterocycles. The quantitative estimate of drug-likeness (QED) is 0.826. The molecule has 1 saturated heterocycles. The third-order valence-corrected chi connectivity index (χ3v) is 3.96. The van der Waals surface area contributed by atoms with E-state index in [1.54, 1.807) is 12.1 Å². The molecule has 21 heavy (non-hydrogen) atoms. The standard InChI is InChI=1S/C16H23N3O2/c1-10-8-13(6-7-17-10)16(21)18-9-14-4-5-15(12(3)20)11(2)19-14/h4-5,10,13,17H,6-9H2,1-3H3,(H,18,21)/t10-,13-/m0/s1. The highest BCUT2D eigenvalue weighted by atomic mass is 16.2. The number of carbonyl (C=O) groups is 2. The van der Waals surface area contributed by atoms with E-state index < -0.39 is 0 Å². The molecule has 0 saturated carbocycles. The van der Waals surface area contributed by atoms with Gasteiger partial charge in [0.1, 0.15) is 0 Å². The minimum Gasteiger partial charge on any atom is -0.350 e. The zero-order valence-electron chi connectivity index (χ0n) is 12.9. The van der Waals surface area contributed by atoms with Gasteiger partial charge < -0.3 is 10.6 Å². The lowest BCUT2D eigenvalue weighted by Gasteiger charge is -2.27. The summed E-state index contributed by atoms with van der Waals surface area (Å²) >= 11 is 0. The number of Topliss-reactive ketones (excluding diaryl/α,β-unsaturated/α-hetero) is 1. The molecule has 5 nitrogen and oxygen atoms in total. The highest BCUT2D eigenvalue weighted by Crippen LogP contribution is 2.16. The number of ketones is 1. The van der Waals surface area contributed by atoms with Crippen LogP contribution in [0.25, 0.3) is 0 Å². The zero-order chi connectivity index (χ0) is 15.4. The van der Waals surface area contributed by atoms with Crippen LogP contribution in [0, 0.1) is 12.8 Å². The van der Waals surface area contributed by atoms with E-state index in [1.165, 1.54) is 6.92 Å². The molecule has 1 amide bonds. The van der Waals surface area contributed by atoms with Crippen LogP contribution in [-0.2, 0) is 11.3 Å². The molecule has 1 aliphatic heterocycles. The van der Waals surface area contributed by atoms with Crippen LogP contribution in [0.3, 0.4) is 0 Å². The van der Waals surface area contributed by atoms with Crippen molar-refractivity contribution in [3.05, 3.63) is 29.1 Å². The summed E-state index contributed by atoms with van der Waals surface area (Å²) in [5.74, 6) is 0.191. The summed E-state index contributed by atoms with van der Waals surface area (Å²) in [5.41, 5.74) is 2.13.